The third-order valence-electron chi connectivity index (χ3n) is 3.34. The van der Waals surface area contributed by atoms with E-state index in [1.165, 1.54) is 23.5 Å². The van der Waals surface area contributed by atoms with Crippen molar-refractivity contribution < 1.29 is 17.9 Å². The lowest BCUT2D eigenvalue weighted by Crippen LogP contribution is -2.12. The molecule has 2 aromatic carbocycles. The maximum atomic E-state index is 12.5. The van der Waals surface area contributed by atoms with Gasteiger partial charge in [0, 0.05) is 0 Å². The molecule has 0 spiro atoms. The summed E-state index contributed by atoms with van der Waals surface area (Å²) < 4.78 is 39.2. The van der Waals surface area contributed by atoms with Crippen LogP contribution in [0.25, 0.3) is 10.2 Å². The van der Waals surface area contributed by atoms with Crippen molar-refractivity contribution in [3.8, 4) is 11.5 Å². The number of aromatic nitrogens is 1. The number of hydrogen-bond donors (Lipinski definition) is 1. The number of hydrogen-bond acceptors (Lipinski definition) is 6. The third-order valence-corrected chi connectivity index (χ3v) is 5.76. The van der Waals surface area contributed by atoms with Gasteiger partial charge in [-0.05, 0) is 56.3 Å². The van der Waals surface area contributed by atoms with Gasteiger partial charge >= 0.3 is 0 Å². The maximum absolute atomic E-state index is 12.5. The molecule has 0 aliphatic rings. The Balaban J connectivity index is 1.83. The van der Waals surface area contributed by atoms with E-state index < -0.39 is 10.0 Å². The summed E-state index contributed by atoms with van der Waals surface area (Å²) in [5.41, 5.74) is 0.720. The molecule has 1 aromatic heterocycles. The molecular weight excluding hydrogens is 360 g/mol. The SMILES string of the molecule is CCOc1ccc(S(=O)(=O)Nc2nc3ccc(OCC)cc3s2)cc1. The average Bonchev–Trinajstić information content (AvgIpc) is 2.96. The second-order valence-electron chi connectivity index (χ2n) is 5.09. The van der Waals surface area contributed by atoms with E-state index in [9.17, 15) is 8.42 Å². The minimum absolute atomic E-state index is 0.158. The van der Waals surface area contributed by atoms with Crippen LogP contribution in [0.15, 0.2) is 47.4 Å². The number of nitrogens with one attached hydrogen (secondary N) is 1. The Morgan fingerprint density at radius 2 is 1.64 bits per heavy atom. The molecule has 0 aliphatic carbocycles. The van der Waals surface area contributed by atoms with Gasteiger partial charge in [-0.1, -0.05) is 11.3 Å². The lowest BCUT2D eigenvalue weighted by atomic mass is 10.3. The zero-order valence-electron chi connectivity index (χ0n) is 13.9. The van der Waals surface area contributed by atoms with Crippen LogP contribution in [0.2, 0.25) is 0 Å². The number of thiazole rings is 1. The van der Waals surface area contributed by atoms with Crippen LogP contribution in [0, 0.1) is 0 Å². The Labute approximate surface area is 150 Å². The standard InChI is InChI=1S/C17H18N2O4S2/c1-3-22-12-5-8-14(9-6-12)25(20,21)19-17-18-15-10-7-13(23-4-2)11-16(15)24-17/h5-11H,3-4H2,1-2H3,(H,18,19). The predicted molar refractivity (Wildman–Crippen MR) is 99.2 cm³/mol. The van der Waals surface area contributed by atoms with Crippen molar-refractivity contribution in [2.45, 2.75) is 18.7 Å². The van der Waals surface area contributed by atoms with Crippen molar-refractivity contribution in [1.29, 1.82) is 0 Å². The molecule has 0 saturated heterocycles. The second-order valence-corrected chi connectivity index (χ2v) is 7.80. The molecule has 0 amide bonds. The summed E-state index contributed by atoms with van der Waals surface area (Å²) in [6, 6.07) is 11.8. The Kier molecular flexibility index (Phi) is 5.10. The number of fused-ring (bicyclic) bond motifs is 1. The van der Waals surface area contributed by atoms with Crippen molar-refractivity contribution in [3.05, 3.63) is 42.5 Å². The Morgan fingerprint density at radius 1 is 1.00 bits per heavy atom. The molecule has 1 heterocycles. The summed E-state index contributed by atoms with van der Waals surface area (Å²) in [5.74, 6) is 1.37. The normalized spacial score (nSPS) is 11.4. The van der Waals surface area contributed by atoms with Crippen molar-refractivity contribution >= 4 is 36.7 Å². The Morgan fingerprint density at radius 3 is 2.32 bits per heavy atom. The Hall–Kier alpha value is -2.32. The number of nitrogens with zero attached hydrogens (tertiary/aromatic N) is 1. The van der Waals surface area contributed by atoms with Crippen molar-refractivity contribution in [3.63, 3.8) is 0 Å². The van der Waals surface area contributed by atoms with Crippen LogP contribution in [0.1, 0.15) is 13.8 Å². The van der Waals surface area contributed by atoms with E-state index in [1.54, 1.807) is 12.1 Å². The van der Waals surface area contributed by atoms with Crippen LogP contribution in [-0.4, -0.2) is 26.6 Å². The molecule has 3 aromatic rings. The van der Waals surface area contributed by atoms with E-state index in [2.05, 4.69) is 9.71 Å². The second kappa shape index (κ2) is 7.28. The molecule has 6 nitrogen and oxygen atoms in total. The monoisotopic (exact) mass is 378 g/mol. The molecule has 1 N–H and O–H groups in total. The van der Waals surface area contributed by atoms with E-state index in [1.807, 2.05) is 32.0 Å². The number of sulfonamides is 1. The fraction of sp³-hybridized carbons (Fsp3) is 0.235. The molecule has 0 atom stereocenters. The van der Waals surface area contributed by atoms with Gasteiger partial charge in [0.05, 0.1) is 28.3 Å². The minimum atomic E-state index is -3.70. The van der Waals surface area contributed by atoms with Gasteiger partial charge in [0.15, 0.2) is 5.13 Å². The number of benzene rings is 2. The van der Waals surface area contributed by atoms with E-state index in [0.29, 0.717) is 24.1 Å². The lowest BCUT2D eigenvalue weighted by molar-refractivity contribution is 0.340. The summed E-state index contributed by atoms with van der Waals surface area (Å²) in [6.07, 6.45) is 0. The molecule has 0 aliphatic heterocycles. The smallest absolute Gasteiger partial charge is 0.263 e. The molecule has 0 saturated carbocycles. The first-order valence-electron chi connectivity index (χ1n) is 7.81. The highest BCUT2D eigenvalue weighted by Gasteiger charge is 2.17. The van der Waals surface area contributed by atoms with Crippen molar-refractivity contribution in [1.82, 2.24) is 4.98 Å². The topological polar surface area (TPSA) is 77.5 Å². The first-order valence-corrected chi connectivity index (χ1v) is 10.1. The van der Waals surface area contributed by atoms with Crippen LogP contribution in [0.5, 0.6) is 11.5 Å². The highest BCUT2D eigenvalue weighted by molar-refractivity contribution is 7.93. The maximum Gasteiger partial charge on any atom is 0.263 e. The van der Waals surface area contributed by atoms with Gasteiger partial charge in [-0.15, -0.1) is 0 Å². The van der Waals surface area contributed by atoms with Gasteiger partial charge in [0.25, 0.3) is 10.0 Å². The summed E-state index contributed by atoms with van der Waals surface area (Å²) in [6.45, 7) is 4.88. The van der Waals surface area contributed by atoms with Gasteiger partial charge in [0.1, 0.15) is 11.5 Å². The molecule has 3 rings (SSSR count). The molecule has 0 fully saturated rings. The van der Waals surface area contributed by atoms with E-state index in [4.69, 9.17) is 9.47 Å². The third kappa shape index (κ3) is 4.02. The molecule has 25 heavy (non-hydrogen) atoms. The van der Waals surface area contributed by atoms with Crippen LogP contribution >= 0.6 is 11.3 Å². The van der Waals surface area contributed by atoms with Gasteiger partial charge < -0.3 is 9.47 Å². The van der Waals surface area contributed by atoms with Crippen molar-refractivity contribution in [2.75, 3.05) is 17.9 Å². The van der Waals surface area contributed by atoms with Crippen LogP contribution in [-0.2, 0) is 10.0 Å². The zero-order valence-corrected chi connectivity index (χ0v) is 15.5. The van der Waals surface area contributed by atoms with Crippen LogP contribution in [0.4, 0.5) is 5.13 Å². The molecule has 0 radical (unpaired) electrons. The molecule has 0 bridgehead atoms. The summed E-state index contributed by atoms with van der Waals surface area (Å²) >= 11 is 1.26. The number of anilines is 1. The predicted octanol–water partition coefficient (Wildman–Crippen LogP) is 3.89. The largest absolute Gasteiger partial charge is 0.494 e. The molecule has 8 heteroatoms. The van der Waals surface area contributed by atoms with E-state index >= 15 is 0 Å². The highest BCUT2D eigenvalue weighted by Crippen LogP contribution is 2.30. The molecular formula is C17H18N2O4S2. The first-order chi connectivity index (χ1) is 12.0. The fourth-order valence-electron chi connectivity index (χ4n) is 2.26. The van der Waals surface area contributed by atoms with E-state index in [0.717, 1.165) is 16.0 Å². The summed E-state index contributed by atoms with van der Waals surface area (Å²) in [5, 5.41) is 0.317. The van der Waals surface area contributed by atoms with Gasteiger partial charge in [-0.3, -0.25) is 4.72 Å². The fourth-order valence-corrected chi connectivity index (χ4v) is 4.39. The van der Waals surface area contributed by atoms with Crippen LogP contribution in [0.3, 0.4) is 0 Å². The number of ether oxygens (including phenoxy) is 2. The van der Waals surface area contributed by atoms with Crippen molar-refractivity contribution in [2.24, 2.45) is 0 Å². The summed E-state index contributed by atoms with van der Waals surface area (Å²) in [7, 11) is -3.70. The average molecular weight is 378 g/mol. The van der Waals surface area contributed by atoms with E-state index in [-0.39, 0.29) is 4.90 Å². The lowest BCUT2D eigenvalue weighted by Gasteiger charge is -2.06. The molecule has 132 valence electrons. The van der Waals surface area contributed by atoms with Crippen LogP contribution < -0.4 is 14.2 Å². The van der Waals surface area contributed by atoms with Gasteiger partial charge in [0.2, 0.25) is 0 Å². The quantitative estimate of drug-likeness (QED) is 0.675. The van der Waals surface area contributed by atoms with Gasteiger partial charge in [-0.2, -0.15) is 0 Å². The number of rotatable bonds is 7. The molecule has 0 unspecified atom stereocenters. The minimum Gasteiger partial charge on any atom is -0.494 e. The Bertz CT molecular complexity index is 966. The van der Waals surface area contributed by atoms with Gasteiger partial charge in [-0.25, -0.2) is 13.4 Å². The first kappa shape index (κ1) is 17.5. The zero-order chi connectivity index (χ0) is 17.9. The highest BCUT2D eigenvalue weighted by atomic mass is 32.2. The summed E-state index contributed by atoms with van der Waals surface area (Å²) in [4.78, 5) is 4.48.